The minimum absolute atomic E-state index is 0.00162. The lowest BCUT2D eigenvalue weighted by Crippen LogP contribution is -2.24. The third-order valence-electron chi connectivity index (χ3n) is 2.68. The third-order valence-corrected chi connectivity index (χ3v) is 2.68. The number of urea groups is 1. The number of hydrogen-bond donors (Lipinski definition) is 3. The number of hydrogen-bond acceptors (Lipinski definition) is 3. The predicted molar refractivity (Wildman–Crippen MR) is 71.3 cm³/mol. The topological polar surface area (TPSA) is 111 Å². The Labute approximate surface area is 117 Å². The molecule has 6 nitrogen and oxygen atoms in total. The molecule has 3 amide bonds. The zero-order valence-electron chi connectivity index (χ0n) is 10.6. The van der Waals surface area contributed by atoms with E-state index in [0.717, 1.165) is 6.07 Å². The highest BCUT2D eigenvalue weighted by atomic mass is 19.2. The van der Waals surface area contributed by atoms with Crippen molar-refractivity contribution in [3.05, 3.63) is 47.7 Å². The molecule has 2 rings (SSSR count). The second kappa shape index (κ2) is 5.53. The van der Waals surface area contributed by atoms with E-state index in [2.05, 4.69) is 10.3 Å². The van der Waals surface area contributed by atoms with Gasteiger partial charge in [0.2, 0.25) is 0 Å². The fraction of sp³-hybridized carbons (Fsp3) is 0. The van der Waals surface area contributed by atoms with E-state index < -0.39 is 23.6 Å². The van der Waals surface area contributed by atoms with Crippen LogP contribution in [0.15, 0.2) is 30.5 Å². The van der Waals surface area contributed by atoms with E-state index in [0.29, 0.717) is 0 Å². The van der Waals surface area contributed by atoms with Gasteiger partial charge in [-0.25, -0.2) is 18.6 Å². The lowest BCUT2D eigenvalue weighted by Gasteiger charge is -2.12. The zero-order valence-corrected chi connectivity index (χ0v) is 10.6. The number of benzene rings is 1. The molecule has 8 heteroatoms. The summed E-state index contributed by atoms with van der Waals surface area (Å²) in [6, 6.07) is 3.80. The minimum Gasteiger partial charge on any atom is -0.365 e. The normalized spacial score (nSPS) is 10.2. The van der Waals surface area contributed by atoms with Crippen LogP contribution in [0, 0.1) is 11.6 Å². The van der Waals surface area contributed by atoms with Gasteiger partial charge in [0.05, 0.1) is 5.56 Å². The Kier molecular flexibility index (Phi) is 3.79. The maximum absolute atomic E-state index is 13.9. The molecule has 21 heavy (non-hydrogen) atoms. The fourth-order valence-electron chi connectivity index (χ4n) is 1.86. The molecule has 0 aliphatic carbocycles. The number of nitrogens with zero attached hydrogens (tertiary/aromatic N) is 1. The van der Waals surface area contributed by atoms with Crippen LogP contribution in [0.1, 0.15) is 10.4 Å². The predicted octanol–water partition coefficient (Wildman–Crippen LogP) is 1.62. The van der Waals surface area contributed by atoms with E-state index >= 15 is 0 Å². The molecule has 0 atom stereocenters. The molecular weight excluding hydrogens is 282 g/mol. The van der Waals surface area contributed by atoms with Gasteiger partial charge in [-0.1, -0.05) is 12.1 Å². The van der Waals surface area contributed by atoms with Crippen LogP contribution < -0.4 is 16.8 Å². The summed E-state index contributed by atoms with van der Waals surface area (Å²) in [5, 5.41) is 2.11. The van der Waals surface area contributed by atoms with Crippen molar-refractivity contribution >= 4 is 17.8 Å². The Morgan fingerprint density at radius 2 is 1.81 bits per heavy atom. The van der Waals surface area contributed by atoms with Gasteiger partial charge in [-0.05, 0) is 12.1 Å². The first-order valence-electron chi connectivity index (χ1n) is 5.71. The lowest BCUT2D eigenvalue weighted by atomic mass is 9.99. The maximum Gasteiger partial charge on any atom is 0.317 e. The smallest absolute Gasteiger partial charge is 0.317 e. The Hall–Kier alpha value is -3.03. The maximum atomic E-state index is 13.9. The third kappa shape index (κ3) is 2.78. The van der Waals surface area contributed by atoms with E-state index in [1.165, 1.54) is 24.4 Å². The Bertz CT molecular complexity index is 734. The number of carbonyl (C=O) groups is 2. The standard InChI is InChI=1S/C13H10F2N4O2/c14-8-3-1-2-7(10(8)15)6-4-5-18-12(19-13(17)21)9(6)11(16)20/h1-5H,(H2,16,20)(H3,17,18,19,21). The molecule has 0 radical (unpaired) electrons. The van der Waals surface area contributed by atoms with Crippen LogP contribution in [0.25, 0.3) is 11.1 Å². The van der Waals surface area contributed by atoms with Gasteiger partial charge in [-0.2, -0.15) is 0 Å². The molecule has 0 unspecified atom stereocenters. The van der Waals surface area contributed by atoms with Crippen molar-refractivity contribution in [2.45, 2.75) is 0 Å². The lowest BCUT2D eigenvalue weighted by molar-refractivity contribution is 0.100. The van der Waals surface area contributed by atoms with Gasteiger partial charge in [0.15, 0.2) is 11.6 Å². The van der Waals surface area contributed by atoms with Crippen molar-refractivity contribution in [1.82, 2.24) is 4.98 Å². The average Bonchev–Trinajstić information content (AvgIpc) is 2.40. The molecule has 0 saturated carbocycles. The molecule has 5 N–H and O–H groups in total. The van der Waals surface area contributed by atoms with Crippen molar-refractivity contribution in [2.24, 2.45) is 11.5 Å². The average molecular weight is 292 g/mol. The highest BCUT2D eigenvalue weighted by molar-refractivity contribution is 6.06. The molecule has 0 aliphatic heterocycles. The van der Waals surface area contributed by atoms with Crippen LogP contribution in [0.4, 0.5) is 19.4 Å². The van der Waals surface area contributed by atoms with E-state index in [9.17, 15) is 18.4 Å². The zero-order chi connectivity index (χ0) is 15.6. The SMILES string of the molecule is NC(=O)Nc1nccc(-c2cccc(F)c2F)c1C(N)=O. The molecule has 1 aromatic heterocycles. The minimum atomic E-state index is -1.14. The summed E-state index contributed by atoms with van der Waals surface area (Å²) in [4.78, 5) is 26.2. The number of halogens is 2. The summed E-state index contributed by atoms with van der Waals surface area (Å²) in [7, 11) is 0. The molecule has 0 saturated heterocycles. The van der Waals surface area contributed by atoms with Gasteiger partial charge >= 0.3 is 6.03 Å². The van der Waals surface area contributed by atoms with Crippen LogP contribution in [-0.2, 0) is 0 Å². The summed E-state index contributed by atoms with van der Waals surface area (Å²) in [6.45, 7) is 0. The van der Waals surface area contributed by atoms with Crippen LogP contribution in [0.3, 0.4) is 0 Å². The number of carbonyl (C=O) groups excluding carboxylic acids is 2. The van der Waals surface area contributed by atoms with Gasteiger partial charge in [0.25, 0.3) is 5.91 Å². The first kappa shape index (κ1) is 14.4. The highest BCUT2D eigenvalue weighted by Gasteiger charge is 2.20. The molecule has 0 spiro atoms. The molecule has 2 aromatic rings. The Morgan fingerprint density at radius 1 is 1.10 bits per heavy atom. The monoisotopic (exact) mass is 292 g/mol. The molecule has 108 valence electrons. The van der Waals surface area contributed by atoms with Crippen molar-refractivity contribution < 1.29 is 18.4 Å². The van der Waals surface area contributed by atoms with Gasteiger partial charge in [-0.15, -0.1) is 0 Å². The Balaban J connectivity index is 2.71. The summed E-state index contributed by atoms with van der Waals surface area (Å²) >= 11 is 0. The second-order valence-electron chi connectivity index (χ2n) is 4.04. The highest BCUT2D eigenvalue weighted by Crippen LogP contribution is 2.30. The van der Waals surface area contributed by atoms with E-state index in [4.69, 9.17) is 11.5 Å². The summed E-state index contributed by atoms with van der Waals surface area (Å²) in [5.41, 5.74) is 9.74. The van der Waals surface area contributed by atoms with Crippen LogP contribution in [0.2, 0.25) is 0 Å². The fourth-order valence-corrected chi connectivity index (χ4v) is 1.86. The largest absolute Gasteiger partial charge is 0.365 e. The number of nitrogens with one attached hydrogen (secondary N) is 1. The van der Waals surface area contributed by atoms with Gasteiger partial charge in [0, 0.05) is 17.3 Å². The summed E-state index contributed by atoms with van der Waals surface area (Å²) < 4.78 is 27.2. The van der Waals surface area contributed by atoms with E-state index in [1.54, 1.807) is 0 Å². The molecule has 0 aliphatic rings. The quantitative estimate of drug-likeness (QED) is 0.799. The molecule has 1 heterocycles. The second-order valence-corrected chi connectivity index (χ2v) is 4.04. The number of primary amides is 2. The Morgan fingerprint density at radius 3 is 2.43 bits per heavy atom. The summed E-state index contributed by atoms with van der Waals surface area (Å²) in [5.74, 6) is -3.41. The first-order valence-corrected chi connectivity index (χ1v) is 5.71. The molecule has 0 bridgehead atoms. The van der Waals surface area contributed by atoms with Crippen molar-refractivity contribution in [1.29, 1.82) is 0 Å². The number of nitrogens with two attached hydrogens (primary N) is 2. The van der Waals surface area contributed by atoms with Crippen LogP contribution in [0.5, 0.6) is 0 Å². The van der Waals surface area contributed by atoms with E-state index in [1.807, 2.05) is 0 Å². The van der Waals surface area contributed by atoms with Crippen LogP contribution in [-0.4, -0.2) is 16.9 Å². The van der Waals surface area contributed by atoms with Gasteiger partial charge in [-0.3, -0.25) is 10.1 Å². The number of aromatic nitrogens is 1. The molecular formula is C13H10F2N4O2. The van der Waals surface area contributed by atoms with Crippen molar-refractivity contribution in [3.8, 4) is 11.1 Å². The van der Waals surface area contributed by atoms with Gasteiger partial charge in [0.1, 0.15) is 5.82 Å². The first-order chi connectivity index (χ1) is 9.91. The number of anilines is 1. The van der Waals surface area contributed by atoms with Crippen molar-refractivity contribution in [2.75, 3.05) is 5.32 Å². The number of amides is 3. The molecule has 1 aromatic carbocycles. The number of pyridine rings is 1. The van der Waals surface area contributed by atoms with Crippen LogP contribution >= 0.6 is 0 Å². The van der Waals surface area contributed by atoms with Crippen molar-refractivity contribution in [3.63, 3.8) is 0 Å². The van der Waals surface area contributed by atoms with Gasteiger partial charge < -0.3 is 11.5 Å². The summed E-state index contributed by atoms with van der Waals surface area (Å²) in [6.07, 6.45) is 1.21. The van der Waals surface area contributed by atoms with E-state index in [-0.39, 0.29) is 22.5 Å². The molecule has 0 fully saturated rings. The number of rotatable bonds is 3.